The van der Waals surface area contributed by atoms with Crippen LogP contribution in [-0.4, -0.2) is 11.1 Å². The topological polar surface area (TPSA) is 58.6 Å². The van der Waals surface area contributed by atoms with Crippen molar-refractivity contribution in [1.82, 2.24) is 5.32 Å². The normalized spacial score (nSPS) is 16.7. The number of carbonyl (C=O) groups is 1. The third-order valence-electron chi connectivity index (χ3n) is 4.48. The summed E-state index contributed by atoms with van der Waals surface area (Å²) in [4.78, 5) is 11.8. The molecule has 0 spiro atoms. The van der Waals surface area contributed by atoms with Crippen molar-refractivity contribution in [3.63, 3.8) is 0 Å². The molecule has 0 amide bonds. The Labute approximate surface area is 153 Å². The maximum Gasteiger partial charge on any atom is 0.334 e. The fourth-order valence-electron chi connectivity index (χ4n) is 3.34. The van der Waals surface area contributed by atoms with Gasteiger partial charge in [-0.25, -0.2) is 4.79 Å². The Morgan fingerprint density at radius 3 is 2.62 bits per heavy atom. The molecule has 26 heavy (non-hydrogen) atoms. The summed E-state index contributed by atoms with van der Waals surface area (Å²) < 4.78 is 6.06. The van der Waals surface area contributed by atoms with E-state index in [1.54, 1.807) is 6.92 Å². The summed E-state index contributed by atoms with van der Waals surface area (Å²) in [5, 5.41) is 12.8. The highest BCUT2D eigenvalue weighted by Gasteiger charge is 2.28. The van der Waals surface area contributed by atoms with E-state index in [0.717, 1.165) is 16.8 Å². The molecule has 0 aromatic heterocycles. The van der Waals surface area contributed by atoms with Gasteiger partial charge in [0, 0.05) is 22.9 Å². The molecule has 0 saturated heterocycles. The zero-order valence-corrected chi connectivity index (χ0v) is 15.2. The highest BCUT2D eigenvalue weighted by atomic mass is 16.5. The molecule has 0 fully saturated rings. The first-order valence-corrected chi connectivity index (χ1v) is 8.62. The molecule has 1 atom stereocenters. The molecule has 2 aromatic carbocycles. The molecular formula is C22H23NO3. The monoisotopic (exact) mass is 349 g/mol. The summed E-state index contributed by atoms with van der Waals surface area (Å²) in [6, 6.07) is 15.8. The number of ether oxygens (including phenoxy) is 1. The Hall–Kier alpha value is -3.01. The van der Waals surface area contributed by atoms with Crippen molar-refractivity contribution < 1.29 is 14.6 Å². The van der Waals surface area contributed by atoms with E-state index in [0.29, 0.717) is 23.6 Å². The summed E-state index contributed by atoms with van der Waals surface area (Å²) in [6.45, 7) is 6.22. The molecule has 1 unspecified atom stereocenters. The highest BCUT2D eigenvalue weighted by Crippen LogP contribution is 2.37. The van der Waals surface area contributed by atoms with E-state index in [1.807, 2.05) is 62.4 Å². The standard InChI is InChI=1S/C22H23NO3/c1-14-7-6-8-17(11-14)13-26-20-10-5-4-9-18(20)19-12-15(2)23-16(3)21(19)22(24)25/h4-12,19,23H,13H2,1-3H3,(H,24,25). The van der Waals surface area contributed by atoms with Gasteiger partial charge in [-0.2, -0.15) is 0 Å². The molecule has 1 aliphatic heterocycles. The van der Waals surface area contributed by atoms with Gasteiger partial charge in [0.1, 0.15) is 12.4 Å². The maximum atomic E-state index is 11.8. The van der Waals surface area contributed by atoms with Crippen LogP contribution in [0.5, 0.6) is 5.75 Å². The number of carboxylic acid groups (broad SMARTS) is 1. The zero-order chi connectivity index (χ0) is 18.7. The molecule has 0 radical (unpaired) electrons. The molecule has 3 rings (SSSR count). The van der Waals surface area contributed by atoms with Crippen LogP contribution in [0.3, 0.4) is 0 Å². The predicted octanol–water partition coefficient (Wildman–Crippen LogP) is 4.52. The van der Waals surface area contributed by atoms with E-state index < -0.39 is 5.97 Å². The Balaban J connectivity index is 1.93. The molecule has 2 N–H and O–H groups in total. The van der Waals surface area contributed by atoms with Crippen LogP contribution >= 0.6 is 0 Å². The molecule has 4 nitrogen and oxygen atoms in total. The van der Waals surface area contributed by atoms with E-state index in [1.165, 1.54) is 5.56 Å². The molecule has 4 heteroatoms. The van der Waals surface area contributed by atoms with Crippen LogP contribution in [0, 0.1) is 6.92 Å². The van der Waals surface area contributed by atoms with E-state index in [4.69, 9.17) is 4.74 Å². The lowest BCUT2D eigenvalue weighted by Gasteiger charge is -2.26. The van der Waals surface area contributed by atoms with Crippen molar-refractivity contribution in [2.75, 3.05) is 0 Å². The van der Waals surface area contributed by atoms with Gasteiger partial charge in [-0.1, -0.05) is 54.1 Å². The largest absolute Gasteiger partial charge is 0.489 e. The van der Waals surface area contributed by atoms with Crippen LogP contribution in [0.15, 0.2) is 71.6 Å². The van der Waals surface area contributed by atoms with Crippen LogP contribution in [0.1, 0.15) is 36.5 Å². The number of benzene rings is 2. The summed E-state index contributed by atoms with van der Waals surface area (Å²) >= 11 is 0. The SMILES string of the molecule is CC1=CC(c2ccccc2OCc2cccc(C)c2)C(C(=O)O)=C(C)N1. The zero-order valence-electron chi connectivity index (χ0n) is 15.2. The van der Waals surface area contributed by atoms with Crippen molar-refractivity contribution >= 4 is 5.97 Å². The second kappa shape index (κ2) is 7.48. The number of nitrogens with one attached hydrogen (secondary N) is 1. The minimum Gasteiger partial charge on any atom is -0.489 e. The van der Waals surface area contributed by atoms with E-state index in [9.17, 15) is 9.90 Å². The number of aliphatic carboxylic acids is 1. The van der Waals surface area contributed by atoms with Crippen LogP contribution in [0.25, 0.3) is 0 Å². The number of carboxylic acids is 1. The van der Waals surface area contributed by atoms with Crippen molar-refractivity contribution in [2.45, 2.75) is 33.3 Å². The number of hydrogen-bond donors (Lipinski definition) is 2. The molecular weight excluding hydrogens is 326 g/mol. The Morgan fingerprint density at radius 1 is 1.12 bits per heavy atom. The fraction of sp³-hybridized carbons (Fsp3) is 0.227. The van der Waals surface area contributed by atoms with Gasteiger partial charge in [0.2, 0.25) is 0 Å². The Bertz CT molecular complexity index is 896. The van der Waals surface area contributed by atoms with Gasteiger partial charge in [-0.05, 0) is 32.4 Å². The Kier molecular flexibility index (Phi) is 5.12. The van der Waals surface area contributed by atoms with Gasteiger partial charge in [-0.3, -0.25) is 0 Å². The van der Waals surface area contributed by atoms with Crippen LogP contribution in [0.4, 0.5) is 0 Å². The Morgan fingerprint density at radius 2 is 1.88 bits per heavy atom. The van der Waals surface area contributed by atoms with Crippen molar-refractivity contribution in [3.8, 4) is 5.75 Å². The third-order valence-corrected chi connectivity index (χ3v) is 4.48. The molecule has 134 valence electrons. The molecule has 0 bridgehead atoms. The average molecular weight is 349 g/mol. The highest BCUT2D eigenvalue weighted by molar-refractivity contribution is 5.90. The van der Waals surface area contributed by atoms with Crippen LogP contribution in [-0.2, 0) is 11.4 Å². The third kappa shape index (κ3) is 3.80. The minimum atomic E-state index is -0.919. The predicted molar refractivity (Wildman–Crippen MR) is 102 cm³/mol. The van der Waals surface area contributed by atoms with Crippen molar-refractivity contribution in [3.05, 3.63) is 88.3 Å². The van der Waals surface area contributed by atoms with E-state index in [-0.39, 0.29) is 5.92 Å². The number of aryl methyl sites for hydroxylation is 1. The number of dihydropyridines is 1. The van der Waals surface area contributed by atoms with Gasteiger partial charge >= 0.3 is 5.97 Å². The lowest BCUT2D eigenvalue weighted by atomic mass is 9.86. The number of hydrogen-bond acceptors (Lipinski definition) is 3. The number of rotatable bonds is 5. The first-order valence-electron chi connectivity index (χ1n) is 8.62. The second-order valence-corrected chi connectivity index (χ2v) is 6.61. The molecule has 1 heterocycles. The first-order chi connectivity index (χ1) is 12.5. The van der Waals surface area contributed by atoms with E-state index >= 15 is 0 Å². The lowest BCUT2D eigenvalue weighted by molar-refractivity contribution is -0.133. The summed E-state index contributed by atoms with van der Waals surface area (Å²) in [5.74, 6) is -0.559. The van der Waals surface area contributed by atoms with Gasteiger partial charge in [0.05, 0.1) is 5.57 Å². The maximum absolute atomic E-state index is 11.8. The second-order valence-electron chi connectivity index (χ2n) is 6.61. The van der Waals surface area contributed by atoms with Gasteiger partial charge < -0.3 is 15.2 Å². The van der Waals surface area contributed by atoms with E-state index in [2.05, 4.69) is 11.4 Å². The average Bonchev–Trinajstić information content (AvgIpc) is 2.59. The molecule has 2 aromatic rings. The molecule has 0 aliphatic carbocycles. The van der Waals surface area contributed by atoms with Gasteiger partial charge in [0.25, 0.3) is 0 Å². The van der Waals surface area contributed by atoms with Crippen molar-refractivity contribution in [2.24, 2.45) is 0 Å². The van der Waals surface area contributed by atoms with Crippen LogP contribution < -0.4 is 10.1 Å². The van der Waals surface area contributed by atoms with Gasteiger partial charge in [0.15, 0.2) is 0 Å². The van der Waals surface area contributed by atoms with Crippen molar-refractivity contribution in [1.29, 1.82) is 0 Å². The van der Waals surface area contributed by atoms with Crippen LogP contribution in [0.2, 0.25) is 0 Å². The molecule has 0 saturated carbocycles. The number of allylic oxidation sites excluding steroid dienone is 3. The summed E-state index contributed by atoms with van der Waals surface area (Å²) in [5.41, 5.74) is 5.08. The summed E-state index contributed by atoms with van der Waals surface area (Å²) in [7, 11) is 0. The minimum absolute atomic E-state index is 0.345. The van der Waals surface area contributed by atoms with Gasteiger partial charge in [-0.15, -0.1) is 0 Å². The summed E-state index contributed by atoms with van der Waals surface area (Å²) in [6.07, 6.45) is 1.94. The molecule has 1 aliphatic rings. The first kappa shape index (κ1) is 17.8. The smallest absolute Gasteiger partial charge is 0.334 e. The quantitative estimate of drug-likeness (QED) is 0.833. The lowest BCUT2D eigenvalue weighted by Crippen LogP contribution is -2.24. The number of para-hydroxylation sites is 1. The fourth-order valence-corrected chi connectivity index (χ4v) is 3.34.